The molecular formula is C16H25FN2O4. The molecule has 0 aromatic heterocycles. The summed E-state index contributed by atoms with van der Waals surface area (Å²) in [6.07, 6.45) is 1.99. The summed E-state index contributed by atoms with van der Waals surface area (Å²) in [6.45, 7) is 2.16. The molecule has 3 aliphatic rings. The van der Waals surface area contributed by atoms with Gasteiger partial charge in [0.1, 0.15) is 0 Å². The van der Waals surface area contributed by atoms with E-state index in [0.717, 1.165) is 12.8 Å². The third kappa shape index (κ3) is 3.21. The van der Waals surface area contributed by atoms with Crippen LogP contribution in [-0.2, 0) is 19.1 Å². The molecule has 3 rings (SSSR count). The largest absolute Gasteiger partial charge is 0.383 e. The van der Waals surface area contributed by atoms with Gasteiger partial charge in [-0.3, -0.25) is 9.59 Å². The number of amides is 2. The second-order valence-electron chi connectivity index (χ2n) is 6.78. The van der Waals surface area contributed by atoms with Crippen molar-refractivity contribution in [2.24, 2.45) is 11.8 Å². The van der Waals surface area contributed by atoms with Gasteiger partial charge in [0.15, 0.2) is 5.67 Å². The van der Waals surface area contributed by atoms with Crippen LogP contribution >= 0.6 is 0 Å². The van der Waals surface area contributed by atoms with Crippen molar-refractivity contribution in [2.75, 3.05) is 40.0 Å². The van der Waals surface area contributed by atoms with Crippen molar-refractivity contribution >= 4 is 11.8 Å². The molecule has 2 aliphatic heterocycles. The number of fused-ring (bicyclic) bond motifs is 1. The summed E-state index contributed by atoms with van der Waals surface area (Å²) in [5, 5.41) is 2.84. The molecule has 7 heteroatoms. The summed E-state index contributed by atoms with van der Waals surface area (Å²) in [6, 6.07) is 0. The molecule has 1 N–H and O–H groups in total. The summed E-state index contributed by atoms with van der Waals surface area (Å²) >= 11 is 0. The van der Waals surface area contributed by atoms with Gasteiger partial charge in [-0.1, -0.05) is 0 Å². The molecule has 0 radical (unpaired) electrons. The highest BCUT2D eigenvalue weighted by Gasteiger charge is 2.51. The number of alkyl halides is 1. The third-order valence-corrected chi connectivity index (χ3v) is 5.35. The fraction of sp³-hybridized carbons (Fsp3) is 0.875. The number of nitrogens with one attached hydrogen (secondary N) is 1. The Labute approximate surface area is 135 Å². The van der Waals surface area contributed by atoms with Gasteiger partial charge in [0.25, 0.3) is 5.91 Å². The number of carbonyl (C=O) groups is 2. The molecule has 6 nitrogen and oxygen atoms in total. The lowest BCUT2D eigenvalue weighted by Crippen LogP contribution is -2.59. The topological polar surface area (TPSA) is 67.9 Å². The van der Waals surface area contributed by atoms with Crippen LogP contribution < -0.4 is 5.32 Å². The van der Waals surface area contributed by atoms with Crippen molar-refractivity contribution in [1.29, 1.82) is 0 Å². The molecule has 23 heavy (non-hydrogen) atoms. The molecule has 2 saturated heterocycles. The zero-order valence-electron chi connectivity index (χ0n) is 13.6. The lowest BCUT2D eigenvalue weighted by atomic mass is 9.78. The van der Waals surface area contributed by atoms with Gasteiger partial charge in [-0.25, -0.2) is 4.39 Å². The Kier molecular flexibility index (Phi) is 4.87. The first-order valence-corrected chi connectivity index (χ1v) is 8.42. The van der Waals surface area contributed by atoms with E-state index in [0.29, 0.717) is 39.1 Å². The van der Waals surface area contributed by atoms with Crippen molar-refractivity contribution in [3.63, 3.8) is 0 Å². The van der Waals surface area contributed by atoms with Crippen LogP contribution in [0.25, 0.3) is 0 Å². The Hall–Kier alpha value is -1.21. The van der Waals surface area contributed by atoms with E-state index in [4.69, 9.17) is 9.47 Å². The molecule has 0 bridgehead atoms. The van der Waals surface area contributed by atoms with E-state index in [2.05, 4.69) is 5.32 Å². The fourth-order valence-corrected chi connectivity index (χ4v) is 3.81. The van der Waals surface area contributed by atoms with Crippen LogP contribution in [0.1, 0.15) is 25.7 Å². The van der Waals surface area contributed by atoms with Gasteiger partial charge in [0, 0.05) is 39.3 Å². The molecule has 0 spiro atoms. The predicted molar refractivity (Wildman–Crippen MR) is 80.5 cm³/mol. The fourth-order valence-electron chi connectivity index (χ4n) is 3.81. The number of carbonyl (C=O) groups excluding carboxylic acids is 2. The molecule has 3 fully saturated rings. The van der Waals surface area contributed by atoms with Crippen molar-refractivity contribution in [2.45, 2.75) is 37.5 Å². The summed E-state index contributed by atoms with van der Waals surface area (Å²) in [4.78, 5) is 26.4. The number of hydrogen-bond donors (Lipinski definition) is 1. The smallest absolute Gasteiger partial charge is 0.260 e. The van der Waals surface area contributed by atoms with E-state index in [1.165, 1.54) is 4.90 Å². The second-order valence-corrected chi connectivity index (χ2v) is 6.78. The number of methoxy groups -OCH3 is 1. The van der Waals surface area contributed by atoms with Crippen molar-refractivity contribution in [3.8, 4) is 0 Å². The van der Waals surface area contributed by atoms with Gasteiger partial charge in [-0.2, -0.15) is 0 Å². The van der Waals surface area contributed by atoms with Crippen molar-refractivity contribution < 1.29 is 23.5 Å². The zero-order valence-corrected chi connectivity index (χ0v) is 13.6. The van der Waals surface area contributed by atoms with Gasteiger partial charge in [-0.15, -0.1) is 0 Å². The molecular weight excluding hydrogens is 303 g/mol. The van der Waals surface area contributed by atoms with Crippen LogP contribution in [0.5, 0.6) is 0 Å². The standard InChI is InChI=1S/C16H25FN2O4/c1-22-8-6-18-14(20)12-9-19(10-13-11(12)3-7-23-13)15(21)16(17)4-2-5-16/h11-13H,2-10H2,1H3,(H,18,20)/t11-,12+,13+/m0/s1. The minimum atomic E-state index is -1.72. The minimum absolute atomic E-state index is 0.0958. The molecule has 2 heterocycles. The lowest BCUT2D eigenvalue weighted by molar-refractivity contribution is -0.157. The Morgan fingerprint density at radius 3 is 2.83 bits per heavy atom. The predicted octanol–water partition coefficient (Wildman–Crippen LogP) is 0.505. The summed E-state index contributed by atoms with van der Waals surface area (Å²) in [5.74, 6) is -0.784. The number of hydrogen-bond acceptors (Lipinski definition) is 4. The molecule has 1 saturated carbocycles. The van der Waals surface area contributed by atoms with E-state index in [9.17, 15) is 14.0 Å². The maximum Gasteiger partial charge on any atom is 0.260 e. The van der Waals surface area contributed by atoms with E-state index >= 15 is 0 Å². The first-order valence-electron chi connectivity index (χ1n) is 8.42. The number of piperidine rings is 1. The number of nitrogens with zero attached hydrogens (tertiary/aromatic N) is 1. The van der Waals surface area contributed by atoms with Gasteiger partial charge in [0.2, 0.25) is 5.91 Å². The first kappa shape index (κ1) is 16.6. The Morgan fingerprint density at radius 1 is 1.39 bits per heavy atom. The SMILES string of the molecule is COCCNC(=O)[C@@H]1CN(C(=O)C2(F)CCC2)C[C@H]2OCC[C@H]21. The van der Waals surface area contributed by atoms with Crippen LogP contribution in [0.15, 0.2) is 0 Å². The molecule has 130 valence electrons. The normalized spacial score (nSPS) is 32.1. The monoisotopic (exact) mass is 328 g/mol. The average Bonchev–Trinajstić information content (AvgIpc) is 2.99. The van der Waals surface area contributed by atoms with Gasteiger partial charge in [0.05, 0.1) is 18.6 Å². The molecule has 0 unspecified atom stereocenters. The Balaban J connectivity index is 1.67. The number of likely N-dealkylation sites (tertiary alicyclic amines) is 1. The minimum Gasteiger partial charge on any atom is -0.383 e. The van der Waals surface area contributed by atoms with E-state index < -0.39 is 11.6 Å². The first-order chi connectivity index (χ1) is 11.0. The summed E-state index contributed by atoms with van der Waals surface area (Å²) in [7, 11) is 1.58. The maximum absolute atomic E-state index is 14.5. The van der Waals surface area contributed by atoms with Crippen LogP contribution in [0, 0.1) is 11.8 Å². The molecule has 2 amide bonds. The van der Waals surface area contributed by atoms with E-state index in [1.54, 1.807) is 7.11 Å². The summed E-state index contributed by atoms with van der Waals surface area (Å²) in [5.41, 5.74) is -1.72. The second kappa shape index (κ2) is 6.73. The molecule has 3 atom stereocenters. The van der Waals surface area contributed by atoms with Crippen LogP contribution in [0.4, 0.5) is 4.39 Å². The van der Waals surface area contributed by atoms with Gasteiger partial charge >= 0.3 is 0 Å². The number of halogens is 1. The zero-order chi connectivity index (χ0) is 16.4. The quantitative estimate of drug-likeness (QED) is 0.747. The lowest BCUT2D eigenvalue weighted by Gasteiger charge is -2.43. The Morgan fingerprint density at radius 2 is 2.17 bits per heavy atom. The van der Waals surface area contributed by atoms with Crippen LogP contribution in [-0.4, -0.2) is 68.4 Å². The van der Waals surface area contributed by atoms with Crippen LogP contribution in [0.3, 0.4) is 0 Å². The summed E-state index contributed by atoms with van der Waals surface area (Å²) < 4.78 is 25.1. The maximum atomic E-state index is 14.5. The van der Waals surface area contributed by atoms with Gasteiger partial charge < -0.3 is 19.7 Å². The third-order valence-electron chi connectivity index (χ3n) is 5.35. The highest BCUT2D eigenvalue weighted by atomic mass is 19.1. The van der Waals surface area contributed by atoms with Crippen molar-refractivity contribution in [3.05, 3.63) is 0 Å². The number of ether oxygens (including phenoxy) is 2. The highest BCUT2D eigenvalue weighted by Crippen LogP contribution is 2.40. The molecule has 1 aliphatic carbocycles. The number of rotatable bonds is 5. The van der Waals surface area contributed by atoms with E-state index in [-0.39, 0.29) is 30.4 Å². The molecule has 0 aromatic carbocycles. The van der Waals surface area contributed by atoms with Crippen molar-refractivity contribution in [1.82, 2.24) is 10.2 Å². The van der Waals surface area contributed by atoms with Gasteiger partial charge in [-0.05, 0) is 25.7 Å². The molecule has 0 aromatic rings. The Bertz CT molecular complexity index is 469. The average molecular weight is 328 g/mol. The van der Waals surface area contributed by atoms with E-state index in [1.807, 2.05) is 0 Å². The van der Waals surface area contributed by atoms with Crippen LogP contribution in [0.2, 0.25) is 0 Å². The highest BCUT2D eigenvalue weighted by molar-refractivity contribution is 5.87.